The van der Waals surface area contributed by atoms with Gasteiger partial charge in [-0.05, 0) is 38.2 Å². The molecule has 1 aromatic carbocycles. The minimum atomic E-state index is -1.08. The number of likely N-dealkylation sites (tertiary alicyclic amines) is 1. The van der Waals surface area contributed by atoms with Crippen LogP contribution in [0, 0.1) is 0 Å². The van der Waals surface area contributed by atoms with E-state index in [9.17, 15) is 9.59 Å². The van der Waals surface area contributed by atoms with Crippen LogP contribution in [0.2, 0.25) is 0 Å². The predicted octanol–water partition coefficient (Wildman–Crippen LogP) is 1.17. The second-order valence-corrected chi connectivity index (χ2v) is 5.38. The van der Waals surface area contributed by atoms with Gasteiger partial charge in [-0.2, -0.15) is 0 Å². The molecule has 114 valence electrons. The number of carbonyl (C=O) groups is 2. The molecule has 6 nitrogen and oxygen atoms in total. The third-order valence-electron chi connectivity index (χ3n) is 3.87. The molecule has 1 heterocycles. The number of methoxy groups -OCH3 is 1. The number of nitrogens with zero attached hydrogens (tertiary/aromatic N) is 2. The maximum Gasteiger partial charge on any atom is 0.335 e. The molecule has 1 N–H and O–H groups in total. The van der Waals surface area contributed by atoms with E-state index in [-0.39, 0.29) is 17.5 Å². The van der Waals surface area contributed by atoms with E-state index in [4.69, 9.17) is 9.84 Å². The van der Waals surface area contributed by atoms with Crippen molar-refractivity contribution in [3.63, 3.8) is 0 Å². The molecule has 6 heteroatoms. The second kappa shape index (κ2) is 6.13. The summed E-state index contributed by atoms with van der Waals surface area (Å²) < 4.78 is 5.08. The van der Waals surface area contributed by atoms with Crippen molar-refractivity contribution >= 4 is 11.9 Å². The van der Waals surface area contributed by atoms with E-state index in [0.29, 0.717) is 11.3 Å². The zero-order valence-corrected chi connectivity index (χ0v) is 12.5. The molecule has 0 bridgehead atoms. The zero-order chi connectivity index (χ0) is 15.6. The molecule has 1 saturated heterocycles. The Kier molecular flexibility index (Phi) is 4.47. The summed E-state index contributed by atoms with van der Waals surface area (Å²) in [5.74, 6) is -0.891. The molecule has 0 aliphatic carbocycles. The lowest BCUT2D eigenvalue weighted by Crippen LogP contribution is -2.38. The first-order chi connectivity index (χ1) is 9.92. The quantitative estimate of drug-likeness (QED) is 0.902. The highest BCUT2D eigenvalue weighted by Gasteiger charge is 2.27. The number of hydrogen-bond acceptors (Lipinski definition) is 4. The summed E-state index contributed by atoms with van der Waals surface area (Å²) in [6.07, 6.45) is 0.925. The van der Waals surface area contributed by atoms with Gasteiger partial charge in [0.15, 0.2) is 0 Å². The number of amides is 1. The van der Waals surface area contributed by atoms with Crippen LogP contribution < -0.4 is 4.74 Å². The van der Waals surface area contributed by atoms with Crippen LogP contribution in [0.4, 0.5) is 0 Å². The van der Waals surface area contributed by atoms with E-state index in [2.05, 4.69) is 4.90 Å². The van der Waals surface area contributed by atoms with E-state index in [1.165, 1.54) is 19.2 Å². The van der Waals surface area contributed by atoms with Crippen molar-refractivity contribution in [2.75, 3.05) is 34.3 Å². The topological polar surface area (TPSA) is 70.1 Å². The van der Waals surface area contributed by atoms with Crippen molar-refractivity contribution in [1.82, 2.24) is 9.80 Å². The van der Waals surface area contributed by atoms with Crippen LogP contribution in [-0.2, 0) is 0 Å². The van der Waals surface area contributed by atoms with Crippen molar-refractivity contribution in [2.45, 2.75) is 12.5 Å². The summed E-state index contributed by atoms with van der Waals surface area (Å²) in [6, 6.07) is 4.52. The maximum atomic E-state index is 12.5. The lowest BCUT2D eigenvalue weighted by Gasteiger charge is -2.24. The summed E-state index contributed by atoms with van der Waals surface area (Å²) in [7, 11) is 5.23. The van der Waals surface area contributed by atoms with Crippen molar-refractivity contribution < 1.29 is 19.4 Å². The van der Waals surface area contributed by atoms with E-state index in [0.717, 1.165) is 19.5 Å². The summed E-state index contributed by atoms with van der Waals surface area (Å²) in [4.78, 5) is 27.5. The standard InChI is InChI=1S/C15H20N2O4/c1-16-5-4-12(9-16)17(2)14(18)10-6-11(15(19)20)8-13(7-10)21-3/h6-8,12H,4-5,9H2,1-3H3,(H,19,20)/t12-/m1/s1. The largest absolute Gasteiger partial charge is 0.497 e. The molecule has 2 rings (SSSR count). The minimum absolute atomic E-state index is 0.0506. The van der Waals surface area contributed by atoms with Crippen LogP contribution in [0.5, 0.6) is 5.75 Å². The zero-order valence-electron chi connectivity index (χ0n) is 12.5. The van der Waals surface area contributed by atoms with Gasteiger partial charge in [0.2, 0.25) is 0 Å². The van der Waals surface area contributed by atoms with Gasteiger partial charge >= 0.3 is 5.97 Å². The predicted molar refractivity (Wildman–Crippen MR) is 77.9 cm³/mol. The summed E-state index contributed by atoms with van der Waals surface area (Å²) in [6.45, 7) is 1.79. The maximum absolute atomic E-state index is 12.5. The van der Waals surface area contributed by atoms with Crippen molar-refractivity contribution in [1.29, 1.82) is 0 Å². The SMILES string of the molecule is COc1cc(C(=O)O)cc(C(=O)N(C)[C@@H]2CCN(C)C2)c1. The molecule has 0 aromatic heterocycles. The number of hydrogen-bond donors (Lipinski definition) is 1. The van der Waals surface area contributed by atoms with Crippen LogP contribution >= 0.6 is 0 Å². The highest BCUT2D eigenvalue weighted by atomic mass is 16.5. The van der Waals surface area contributed by atoms with E-state index < -0.39 is 5.97 Å². The van der Waals surface area contributed by atoms with E-state index in [1.54, 1.807) is 18.0 Å². The fourth-order valence-electron chi connectivity index (χ4n) is 2.56. The molecule has 1 aliphatic rings. The molecule has 0 spiro atoms. The molecular formula is C15H20N2O4. The van der Waals surface area contributed by atoms with Crippen LogP contribution in [0.1, 0.15) is 27.1 Å². The van der Waals surface area contributed by atoms with Crippen LogP contribution in [0.3, 0.4) is 0 Å². The van der Waals surface area contributed by atoms with Crippen molar-refractivity contribution in [2.24, 2.45) is 0 Å². The molecule has 1 fully saturated rings. The molecule has 1 amide bonds. The number of carbonyl (C=O) groups excluding carboxylic acids is 1. The fraction of sp³-hybridized carbons (Fsp3) is 0.467. The van der Waals surface area contributed by atoms with Gasteiger partial charge in [0.1, 0.15) is 5.75 Å². The number of ether oxygens (including phenoxy) is 1. The molecule has 1 aromatic rings. The Morgan fingerprint density at radius 1 is 1.33 bits per heavy atom. The second-order valence-electron chi connectivity index (χ2n) is 5.38. The van der Waals surface area contributed by atoms with Crippen molar-refractivity contribution in [3.05, 3.63) is 29.3 Å². The Morgan fingerprint density at radius 2 is 2.00 bits per heavy atom. The monoisotopic (exact) mass is 292 g/mol. The van der Waals surface area contributed by atoms with Gasteiger partial charge in [0.05, 0.1) is 12.7 Å². The number of carboxylic acids is 1. The molecule has 0 unspecified atom stereocenters. The van der Waals surface area contributed by atoms with Gasteiger partial charge in [-0.15, -0.1) is 0 Å². The molecule has 1 atom stereocenters. The number of rotatable bonds is 4. The highest BCUT2D eigenvalue weighted by molar-refractivity contribution is 5.98. The number of likely N-dealkylation sites (N-methyl/N-ethyl adjacent to an activating group) is 2. The van der Waals surface area contributed by atoms with Gasteiger partial charge < -0.3 is 19.6 Å². The van der Waals surface area contributed by atoms with Crippen LogP contribution in [0.25, 0.3) is 0 Å². The Balaban J connectivity index is 2.25. The van der Waals surface area contributed by atoms with Gasteiger partial charge in [0, 0.05) is 25.2 Å². The van der Waals surface area contributed by atoms with Crippen LogP contribution in [-0.4, -0.2) is 67.1 Å². The van der Waals surface area contributed by atoms with Gasteiger partial charge in [-0.1, -0.05) is 0 Å². The number of benzene rings is 1. The molecule has 1 aliphatic heterocycles. The Bertz CT molecular complexity index is 559. The average molecular weight is 292 g/mol. The lowest BCUT2D eigenvalue weighted by atomic mass is 10.1. The molecule has 0 radical (unpaired) electrons. The Labute approximate surface area is 123 Å². The Morgan fingerprint density at radius 3 is 2.52 bits per heavy atom. The average Bonchev–Trinajstić information content (AvgIpc) is 2.91. The normalized spacial score (nSPS) is 18.5. The molecule has 0 saturated carbocycles. The third kappa shape index (κ3) is 3.33. The summed E-state index contributed by atoms with van der Waals surface area (Å²) in [5, 5.41) is 9.11. The van der Waals surface area contributed by atoms with E-state index >= 15 is 0 Å². The lowest BCUT2D eigenvalue weighted by molar-refractivity contribution is 0.0696. The highest BCUT2D eigenvalue weighted by Crippen LogP contribution is 2.21. The minimum Gasteiger partial charge on any atom is -0.497 e. The molecule has 21 heavy (non-hydrogen) atoms. The van der Waals surface area contributed by atoms with Gasteiger partial charge in [-0.25, -0.2) is 4.79 Å². The fourth-order valence-corrected chi connectivity index (χ4v) is 2.56. The molecular weight excluding hydrogens is 272 g/mol. The van der Waals surface area contributed by atoms with Crippen LogP contribution in [0.15, 0.2) is 18.2 Å². The van der Waals surface area contributed by atoms with Gasteiger partial charge in [0.25, 0.3) is 5.91 Å². The van der Waals surface area contributed by atoms with Crippen molar-refractivity contribution in [3.8, 4) is 5.75 Å². The smallest absolute Gasteiger partial charge is 0.335 e. The first-order valence-corrected chi connectivity index (χ1v) is 6.80. The van der Waals surface area contributed by atoms with E-state index in [1.807, 2.05) is 7.05 Å². The number of carboxylic acid groups (broad SMARTS) is 1. The number of aromatic carboxylic acids is 1. The first kappa shape index (κ1) is 15.3. The first-order valence-electron chi connectivity index (χ1n) is 6.80. The summed E-state index contributed by atoms with van der Waals surface area (Å²) in [5.41, 5.74) is 0.387. The third-order valence-corrected chi connectivity index (χ3v) is 3.87. The Hall–Kier alpha value is -2.08. The summed E-state index contributed by atoms with van der Waals surface area (Å²) >= 11 is 0. The van der Waals surface area contributed by atoms with Gasteiger partial charge in [-0.3, -0.25) is 4.79 Å².